The number of ether oxygens (including phenoxy) is 2. The number of nitrogens with one attached hydrogen (secondary N) is 1. The van der Waals surface area contributed by atoms with Gasteiger partial charge in [-0.1, -0.05) is 30.3 Å². The zero-order chi connectivity index (χ0) is 22.8. The monoisotopic (exact) mass is 426 g/mol. The molecule has 0 heterocycles. The van der Waals surface area contributed by atoms with E-state index in [9.17, 15) is 9.59 Å². The second-order valence-corrected chi connectivity index (χ2v) is 6.73. The molecule has 3 aromatic rings. The van der Waals surface area contributed by atoms with Gasteiger partial charge in [0.05, 0.1) is 18.2 Å². The molecule has 6 heteroatoms. The van der Waals surface area contributed by atoms with Crippen LogP contribution in [0.1, 0.15) is 28.4 Å². The number of allylic oxidation sites excluding steroid dienone is 1. The maximum Gasteiger partial charge on any atom is 0.262 e. The number of rotatable bonds is 9. The van der Waals surface area contributed by atoms with E-state index in [2.05, 4.69) is 5.32 Å². The Morgan fingerprint density at radius 1 is 0.969 bits per heavy atom. The first-order chi connectivity index (χ1) is 15.6. The summed E-state index contributed by atoms with van der Waals surface area (Å²) >= 11 is 0. The summed E-state index contributed by atoms with van der Waals surface area (Å²) in [6.45, 7) is 2.11. The van der Waals surface area contributed by atoms with Crippen LogP contribution in [-0.4, -0.2) is 24.9 Å². The number of hydrogen-bond donors (Lipinski definition) is 1. The van der Waals surface area contributed by atoms with Crippen molar-refractivity contribution >= 4 is 23.5 Å². The molecule has 32 heavy (non-hydrogen) atoms. The number of carbonyl (C=O) groups is 2. The largest absolute Gasteiger partial charge is 0.490 e. The molecule has 0 spiro atoms. The minimum Gasteiger partial charge on any atom is -0.490 e. The van der Waals surface area contributed by atoms with Gasteiger partial charge in [-0.15, -0.1) is 0 Å². The Labute approximate surface area is 186 Å². The molecule has 0 bridgehead atoms. The second kappa shape index (κ2) is 11.1. The summed E-state index contributed by atoms with van der Waals surface area (Å²) < 4.78 is 11.3. The molecule has 160 valence electrons. The van der Waals surface area contributed by atoms with Crippen LogP contribution in [0.25, 0.3) is 6.08 Å². The number of benzene rings is 3. The van der Waals surface area contributed by atoms with E-state index in [4.69, 9.17) is 14.7 Å². The molecule has 0 aliphatic rings. The molecule has 0 radical (unpaired) electrons. The zero-order valence-corrected chi connectivity index (χ0v) is 17.6. The van der Waals surface area contributed by atoms with E-state index in [1.807, 2.05) is 31.2 Å². The van der Waals surface area contributed by atoms with Crippen LogP contribution in [0.2, 0.25) is 0 Å². The molecule has 0 fully saturated rings. The Morgan fingerprint density at radius 2 is 1.72 bits per heavy atom. The quantitative estimate of drug-likeness (QED) is 0.389. The highest BCUT2D eigenvalue weighted by atomic mass is 16.5. The molecule has 3 rings (SSSR count). The summed E-state index contributed by atoms with van der Waals surface area (Å²) in [4.78, 5) is 24.5. The number of nitriles is 1. The van der Waals surface area contributed by atoms with Crippen LogP contribution >= 0.6 is 0 Å². The Kier molecular flexibility index (Phi) is 7.77. The summed E-state index contributed by atoms with van der Waals surface area (Å²) in [7, 11) is 0. The SMILES string of the molecule is CCOc1cc(/C=C/C(=O)c2ccc(C#N)cc2)ccc1OCC(=O)Nc1ccccc1. The normalized spacial score (nSPS) is 10.4. The lowest BCUT2D eigenvalue weighted by Gasteiger charge is -2.12. The van der Waals surface area contributed by atoms with Gasteiger partial charge in [0.15, 0.2) is 23.9 Å². The molecule has 1 amide bonds. The number of carbonyl (C=O) groups excluding carboxylic acids is 2. The highest BCUT2D eigenvalue weighted by Gasteiger charge is 2.09. The van der Waals surface area contributed by atoms with Gasteiger partial charge in [0.2, 0.25) is 0 Å². The van der Waals surface area contributed by atoms with Gasteiger partial charge in [0.1, 0.15) is 0 Å². The van der Waals surface area contributed by atoms with Crippen molar-refractivity contribution < 1.29 is 19.1 Å². The van der Waals surface area contributed by atoms with Gasteiger partial charge in [-0.05, 0) is 67.1 Å². The van der Waals surface area contributed by atoms with Gasteiger partial charge in [0.25, 0.3) is 5.91 Å². The van der Waals surface area contributed by atoms with Crippen molar-refractivity contribution in [3.8, 4) is 17.6 Å². The number of para-hydroxylation sites is 1. The van der Waals surface area contributed by atoms with Crippen molar-refractivity contribution in [1.29, 1.82) is 5.26 Å². The van der Waals surface area contributed by atoms with E-state index >= 15 is 0 Å². The van der Waals surface area contributed by atoms with E-state index in [1.54, 1.807) is 60.7 Å². The Hall–Kier alpha value is -4.37. The second-order valence-electron chi connectivity index (χ2n) is 6.73. The minimum atomic E-state index is -0.282. The summed E-state index contributed by atoms with van der Waals surface area (Å²) in [5.41, 5.74) is 2.43. The molecular formula is C26H22N2O4. The highest BCUT2D eigenvalue weighted by Crippen LogP contribution is 2.29. The topological polar surface area (TPSA) is 88.4 Å². The standard InChI is InChI=1S/C26H22N2O4/c1-2-31-25-16-19(10-14-23(29)21-12-8-20(17-27)9-13-21)11-15-24(25)32-18-26(30)28-22-6-4-3-5-7-22/h3-16H,2,18H2,1H3,(H,28,30)/b14-10+. The molecule has 0 aliphatic heterocycles. The lowest BCUT2D eigenvalue weighted by atomic mass is 10.1. The first-order valence-electron chi connectivity index (χ1n) is 10.1. The van der Waals surface area contributed by atoms with Crippen molar-refractivity contribution in [2.24, 2.45) is 0 Å². The molecule has 6 nitrogen and oxygen atoms in total. The van der Waals surface area contributed by atoms with Crippen LogP contribution in [0.15, 0.2) is 78.9 Å². The smallest absolute Gasteiger partial charge is 0.262 e. The molecule has 0 atom stereocenters. The van der Waals surface area contributed by atoms with Gasteiger partial charge in [-0.3, -0.25) is 9.59 Å². The van der Waals surface area contributed by atoms with Crippen LogP contribution in [-0.2, 0) is 4.79 Å². The van der Waals surface area contributed by atoms with Gasteiger partial charge in [0, 0.05) is 11.3 Å². The van der Waals surface area contributed by atoms with E-state index in [-0.39, 0.29) is 18.3 Å². The molecule has 0 saturated carbocycles. The number of nitrogens with zero attached hydrogens (tertiary/aromatic N) is 1. The van der Waals surface area contributed by atoms with E-state index in [0.717, 1.165) is 5.56 Å². The van der Waals surface area contributed by atoms with Crippen LogP contribution in [0.3, 0.4) is 0 Å². The fourth-order valence-electron chi connectivity index (χ4n) is 2.85. The number of anilines is 1. The number of hydrogen-bond acceptors (Lipinski definition) is 5. The van der Waals surface area contributed by atoms with Crippen LogP contribution in [0.5, 0.6) is 11.5 Å². The third kappa shape index (κ3) is 6.31. The maximum atomic E-state index is 12.4. The Morgan fingerprint density at radius 3 is 2.41 bits per heavy atom. The fourth-order valence-corrected chi connectivity index (χ4v) is 2.85. The molecule has 3 aromatic carbocycles. The summed E-state index contributed by atoms with van der Waals surface area (Å²) in [6.07, 6.45) is 3.13. The van der Waals surface area contributed by atoms with Crippen LogP contribution in [0.4, 0.5) is 5.69 Å². The Balaban J connectivity index is 1.65. The average Bonchev–Trinajstić information content (AvgIpc) is 2.83. The number of amides is 1. The predicted octanol–water partition coefficient (Wildman–Crippen LogP) is 4.87. The molecule has 0 saturated heterocycles. The summed E-state index contributed by atoms with van der Waals surface area (Å²) in [6, 6.07) is 22.8. The molecule has 0 unspecified atom stereocenters. The maximum absolute atomic E-state index is 12.4. The van der Waals surface area contributed by atoms with Crippen molar-refractivity contribution in [3.63, 3.8) is 0 Å². The fraction of sp³-hybridized carbons (Fsp3) is 0.115. The third-order valence-corrected chi connectivity index (χ3v) is 4.41. The van der Waals surface area contributed by atoms with Gasteiger partial charge in [-0.25, -0.2) is 0 Å². The van der Waals surface area contributed by atoms with Gasteiger partial charge < -0.3 is 14.8 Å². The molecule has 0 aromatic heterocycles. The van der Waals surface area contributed by atoms with Crippen LogP contribution < -0.4 is 14.8 Å². The van der Waals surface area contributed by atoms with E-state index in [0.29, 0.717) is 34.9 Å². The van der Waals surface area contributed by atoms with E-state index in [1.165, 1.54) is 6.08 Å². The van der Waals surface area contributed by atoms with Crippen molar-refractivity contribution in [2.45, 2.75) is 6.92 Å². The zero-order valence-electron chi connectivity index (χ0n) is 17.6. The average molecular weight is 426 g/mol. The molecule has 1 N–H and O–H groups in total. The molecular weight excluding hydrogens is 404 g/mol. The van der Waals surface area contributed by atoms with Gasteiger partial charge in [-0.2, -0.15) is 5.26 Å². The minimum absolute atomic E-state index is 0.165. The van der Waals surface area contributed by atoms with Crippen molar-refractivity contribution in [3.05, 3.63) is 95.6 Å². The molecule has 0 aliphatic carbocycles. The van der Waals surface area contributed by atoms with E-state index < -0.39 is 0 Å². The number of ketones is 1. The van der Waals surface area contributed by atoms with Gasteiger partial charge >= 0.3 is 0 Å². The third-order valence-electron chi connectivity index (χ3n) is 4.41. The highest BCUT2D eigenvalue weighted by molar-refractivity contribution is 6.06. The lowest BCUT2D eigenvalue weighted by Crippen LogP contribution is -2.20. The first-order valence-corrected chi connectivity index (χ1v) is 10.1. The van der Waals surface area contributed by atoms with Crippen LogP contribution in [0, 0.1) is 11.3 Å². The van der Waals surface area contributed by atoms with Crippen molar-refractivity contribution in [2.75, 3.05) is 18.5 Å². The predicted molar refractivity (Wildman–Crippen MR) is 123 cm³/mol. The Bertz CT molecular complexity index is 1150. The summed E-state index contributed by atoms with van der Waals surface area (Å²) in [5.74, 6) is 0.458. The summed E-state index contributed by atoms with van der Waals surface area (Å²) in [5, 5.41) is 11.6. The first kappa shape index (κ1) is 22.3. The van der Waals surface area contributed by atoms with Crippen molar-refractivity contribution in [1.82, 2.24) is 0 Å². The lowest BCUT2D eigenvalue weighted by molar-refractivity contribution is -0.118.